The van der Waals surface area contributed by atoms with Crippen molar-refractivity contribution in [2.24, 2.45) is 0 Å². The van der Waals surface area contributed by atoms with Crippen LogP contribution in [0, 0.1) is 10.1 Å². The Bertz CT molecular complexity index is 974. The molecule has 0 radical (unpaired) electrons. The van der Waals surface area contributed by atoms with E-state index in [1.807, 2.05) is 30.3 Å². The van der Waals surface area contributed by atoms with Crippen molar-refractivity contribution < 1.29 is 24.0 Å². The Hall–Kier alpha value is -3.82. The van der Waals surface area contributed by atoms with Gasteiger partial charge in [-0.1, -0.05) is 18.2 Å². The summed E-state index contributed by atoms with van der Waals surface area (Å²) < 4.78 is 10.5. The fraction of sp³-hybridized carbons (Fsp3) is 0.364. The lowest BCUT2D eigenvalue weighted by Gasteiger charge is -2.36. The largest absolute Gasteiger partial charge is 0.493 e. The van der Waals surface area contributed by atoms with Gasteiger partial charge in [-0.2, -0.15) is 0 Å². The maximum atomic E-state index is 12.6. The minimum atomic E-state index is -0.727. The Morgan fingerprint density at radius 3 is 2.38 bits per heavy atom. The predicted octanol–water partition coefficient (Wildman–Crippen LogP) is 2.08. The molecule has 1 saturated heterocycles. The van der Waals surface area contributed by atoms with Crippen LogP contribution in [-0.4, -0.2) is 68.1 Å². The van der Waals surface area contributed by atoms with Crippen molar-refractivity contribution in [1.29, 1.82) is 0 Å². The second kappa shape index (κ2) is 10.5. The third-order valence-corrected chi connectivity index (χ3v) is 5.18. The van der Waals surface area contributed by atoms with E-state index in [2.05, 4.69) is 10.2 Å². The van der Waals surface area contributed by atoms with Crippen molar-refractivity contribution in [3.05, 3.63) is 58.1 Å². The number of carbonyl (C=O) groups excluding carboxylic acids is 2. The number of anilines is 1. The second-order valence-electron chi connectivity index (χ2n) is 7.10. The molecular weight excluding hydrogens is 416 g/mol. The summed E-state index contributed by atoms with van der Waals surface area (Å²) in [4.78, 5) is 39.9. The molecule has 170 valence electrons. The van der Waals surface area contributed by atoms with Gasteiger partial charge in [0, 0.05) is 37.9 Å². The number of nitro groups is 1. The molecule has 2 aromatic carbocycles. The molecule has 0 saturated carbocycles. The Kier molecular flexibility index (Phi) is 7.48. The molecule has 1 aliphatic rings. The van der Waals surface area contributed by atoms with Gasteiger partial charge in [-0.05, 0) is 19.1 Å². The minimum Gasteiger partial charge on any atom is -0.493 e. The quantitative estimate of drug-likeness (QED) is 0.492. The van der Waals surface area contributed by atoms with E-state index in [4.69, 9.17) is 9.47 Å². The van der Waals surface area contributed by atoms with E-state index >= 15 is 0 Å². The first-order chi connectivity index (χ1) is 15.4. The average molecular weight is 442 g/mol. The monoisotopic (exact) mass is 442 g/mol. The normalized spacial score (nSPS) is 13.4. The zero-order valence-corrected chi connectivity index (χ0v) is 18.1. The molecule has 0 unspecified atom stereocenters. The first-order valence-electron chi connectivity index (χ1n) is 10.3. The number of methoxy groups -OCH3 is 1. The van der Waals surface area contributed by atoms with Gasteiger partial charge >= 0.3 is 0 Å². The number of nitrogens with zero attached hydrogens (tertiary/aromatic N) is 3. The van der Waals surface area contributed by atoms with Crippen LogP contribution in [0.15, 0.2) is 42.5 Å². The summed E-state index contributed by atoms with van der Waals surface area (Å²) in [5, 5.41) is 14.0. The van der Waals surface area contributed by atoms with Crippen LogP contribution in [0.25, 0.3) is 0 Å². The highest BCUT2D eigenvalue weighted by molar-refractivity contribution is 6.00. The fourth-order valence-corrected chi connectivity index (χ4v) is 3.53. The molecule has 0 aliphatic carbocycles. The molecule has 1 aliphatic heterocycles. The number of para-hydroxylation sites is 1. The number of nitrogens with one attached hydrogen (secondary N) is 1. The summed E-state index contributed by atoms with van der Waals surface area (Å²) >= 11 is 0. The number of nitro benzene ring substituents is 1. The van der Waals surface area contributed by atoms with E-state index in [9.17, 15) is 19.7 Å². The molecule has 32 heavy (non-hydrogen) atoms. The van der Waals surface area contributed by atoms with Crippen LogP contribution in [0.3, 0.4) is 0 Å². The van der Waals surface area contributed by atoms with E-state index in [1.165, 1.54) is 13.2 Å². The highest BCUT2D eigenvalue weighted by Gasteiger charge is 2.26. The van der Waals surface area contributed by atoms with Crippen molar-refractivity contribution in [3.63, 3.8) is 0 Å². The Balaban J connectivity index is 1.61. The van der Waals surface area contributed by atoms with Gasteiger partial charge in [-0.15, -0.1) is 0 Å². The van der Waals surface area contributed by atoms with Gasteiger partial charge in [0.1, 0.15) is 5.56 Å². The summed E-state index contributed by atoms with van der Waals surface area (Å²) in [6, 6.07) is 12.3. The van der Waals surface area contributed by atoms with Crippen LogP contribution in [0.5, 0.6) is 11.5 Å². The molecule has 0 bridgehead atoms. The molecule has 2 aromatic rings. The Labute approximate surface area is 185 Å². The van der Waals surface area contributed by atoms with Crippen molar-refractivity contribution in [1.82, 2.24) is 10.2 Å². The standard InChI is InChI=1S/C22H26N4O6/c1-3-32-20-14-18(26(29)30)17(13-19(20)31-2)22(28)23-15-21(27)25-11-9-24(10-12-25)16-7-5-4-6-8-16/h4-8,13-14H,3,9-12,15H2,1-2H3,(H,23,28). The number of ether oxygens (including phenoxy) is 2. The van der Waals surface area contributed by atoms with Crippen molar-refractivity contribution in [2.75, 3.05) is 51.3 Å². The third kappa shape index (κ3) is 5.26. The van der Waals surface area contributed by atoms with Gasteiger partial charge in [0.2, 0.25) is 5.91 Å². The topological polar surface area (TPSA) is 114 Å². The van der Waals surface area contributed by atoms with Gasteiger partial charge in [0.05, 0.1) is 31.3 Å². The minimum absolute atomic E-state index is 0.172. The highest BCUT2D eigenvalue weighted by Crippen LogP contribution is 2.34. The van der Waals surface area contributed by atoms with Crippen LogP contribution >= 0.6 is 0 Å². The lowest BCUT2D eigenvalue weighted by atomic mass is 10.1. The fourth-order valence-electron chi connectivity index (χ4n) is 3.53. The Morgan fingerprint density at radius 2 is 1.78 bits per heavy atom. The smallest absolute Gasteiger partial charge is 0.286 e. The molecule has 1 N–H and O–H groups in total. The van der Waals surface area contributed by atoms with Crippen molar-refractivity contribution in [2.45, 2.75) is 6.92 Å². The van der Waals surface area contributed by atoms with E-state index in [0.717, 1.165) is 11.8 Å². The van der Waals surface area contributed by atoms with Crippen molar-refractivity contribution >= 4 is 23.2 Å². The van der Waals surface area contributed by atoms with E-state index < -0.39 is 16.5 Å². The van der Waals surface area contributed by atoms with Crippen molar-refractivity contribution in [3.8, 4) is 11.5 Å². The number of benzene rings is 2. The summed E-state index contributed by atoms with van der Waals surface area (Å²) in [5.41, 5.74) is 0.484. The van der Waals surface area contributed by atoms with Gasteiger partial charge in [-0.3, -0.25) is 19.7 Å². The van der Waals surface area contributed by atoms with Gasteiger partial charge < -0.3 is 24.6 Å². The lowest BCUT2D eigenvalue weighted by Crippen LogP contribution is -2.51. The summed E-state index contributed by atoms with van der Waals surface area (Å²) in [5.74, 6) is -0.600. The van der Waals surface area contributed by atoms with Crippen LogP contribution in [0.1, 0.15) is 17.3 Å². The van der Waals surface area contributed by atoms with Crippen LogP contribution in [0.4, 0.5) is 11.4 Å². The number of piperazine rings is 1. The lowest BCUT2D eigenvalue weighted by molar-refractivity contribution is -0.385. The molecule has 0 atom stereocenters. The number of amides is 2. The van der Waals surface area contributed by atoms with Gasteiger partial charge in [-0.25, -0.2) is 0 Å². The first kappa shape index (κ1) is 22.9. The molecule has 0 aromatic heterocycles. The molecule has 10 nitrogen and oxygen atoms in total. The average Bonchev–Trinajstić information content (AvgIpc) is 2.82. The van der Waals surface area contributed by atoms with Crippen LogP contribution in [-0.2, 0) is 4.79 Å². The summed E-state index contributed by atoms with van der Waals surface area (Å²) in [6.45, 7) is 4.19. The van der Waals surface area contributed by atoms with E-state index in [-0.39, 0.29) is 36.1 Å². The summed E-state index contributed by atoms with van der Waals surface area (Å²) in [6.07, 6.45) is 0. The zero-order chi connectivity index (χ0) is 23.1. The maximum Gasteiger partial charge on any atom is 0.286 e. The van der Waals surface area contributed by atoms with Crippen LogP contribution in [0.2, 0.25) is 0 Å². The van der Waals surface area contributed by atoms with E-state index in [1.54, 1.807) is 11.8 Å². The first-order valence-corrected chi connectivity index (χ1v) is 10.3. The number of hydrogen-bond donors (Lipinski definition) is 1. The molecule has 2 amide bonds. The highest BCUT2D eigenvalue weighted by atomic mass is 16.6. The molecule has 0 spiro atoms. The maximum absolute atomic E-state index is 12.6. The molecule has 10 heteroatoms. The zero-order valence-electron chi connectivity index (χ0n) is 18.1. The molecule has 1 fully saturated rings. The molecule has 3 rings (SSSR count). The number of rotatable bonds is 8. The SMILES string of the molecule is CCOc1cc([N+](=O)[O-])c(C(=O)NCC(=O)N2CCN(c3ccccc3)CC2)cc1OC. The van der Waals surface area contributed by atoms with Gasteiger partial charge in [0.15, 0.2) is 11.5 Å². The molecular formula is C22H26N4O6. The van der Waals surface area contributed by atoms with Crippen LogP contribution < -0.4 is 19.7 Å². The van der Waals surface area contributed by atoms with E-state index in [0.29, 0.717) is 26.2 Å². The number of carbonyl (C=O) groups is 2. The summed E-state index contributed by atoms with van der Waals surface area (Å²) in [7, 11) is 1.38. The predicted molar refractivity (Wildman–Crippen MR) is 118 cm³/mol. The third-order valence-electron chi connectivity index (χ3n) is 5.18. The van der Waals surface area contributed by atoms with Gasteiger partial charge in [0.25, 0.3) is 11.6 Å². The number of hydrogen-bond acceptors (Lipinski definition) is 7. The second-order valence-corrected chi connectivity index (χ2v) is 7.10. The Morgan fingerprint density at radius 1 is 1.09 bits per heavy atom. The molecule has 1 heterocycles.